The average Bonchev–Trinajstić information content (AvgIpc) is 2.44. The molecule has 1 amide bonds. The van der Waals surface area contributed by atoms with Crippen LogP contribution in [0.25, 0.3) is 0 Å². The van der Waals surface area contributed by atoms with Crippen molar-refractivity contribution >= 4 is 28.9 Å². The Balaban J connectivity index is 1.83. The average molecular weight is 307 g/mol. The summed E-state index contributed by atoms with van der Waals surface area (Å²) in [6.07, 6.45) is -0.416. The molecule has 21 heavy (non-hydrogen) atoms. The van der Waals surface area contributed by atoms with Gasteiger partial charge in [0, 0.05) is 18.2 Å². The monoisotopic (exact) mass is 306 g/mol. The minimum Gasteiger partial charge on any atom is -0.478 e. The highest BCUT2D eigenvalue weighted by Gasteiger charge is 2.28. The number of nitrogen functional groups attached to an aromatic ring is 1. The minimum atomic E-state index is -0.708. The molecule has 2 aromatic carbocycles. The molecule has 1 atom stereocenters. The minimum absolute atomic E-state index is 0.0216. The lowest BCUT2D eigenvalue weighted by atomic mass is 10.1. The molecule has 0 fully saturated rings. The van der Waals surface area contributed by atoms with E-state index in [0.29, 0.717) is 29.1 Å². The van der Waals surface area contributed by atoms with Crippen molar-refractivity contribution in [3.05, 3.63) is 52.8 Å². The van der Waals surface area contributed by atoms with Gasteiger partial charge in [-0.25, -0.2) is 4.39 Å². The van der Waals surface area contributed by atoms with Gasteiger partial charge in [0.25, 0.3) is 5.91 Å². The first-order chi connectivity index (χ1) is 10.0. The van der Waals surface area contributed by atoms with Crippen LogP contribution in [0.15, 0.2) is 36.4 Å². The molecule has 6 heteroatoms. The highest BCUT2D eigenvalue weighted by Crippen LogP contribution is 2.32. The van der Waals surface area contributed by atoms with E-state index >= 15 is 0 Å². The van der Waals surface area contributed by atoms with Gasteiger partial charge in [0.15, 0.2) is 6.10 Å². The molecule has 0 aliphatic carbocycles. The number of carbonyl (C=O) groups is 1. The third kappa shape index (κ3) is 2.78. The summed E-state index contributed by atoms with van der Waals surface area (Å²) in [5, 5.41) is 2.78. The Bertz CT molecular complexity index is 721. The van der Waals surface area contributed by atoms with E-state index in [-0.39, 0.29) is 10.9 Å². The first kappa shape index (κ1) is 13.7. The number of nitrogens with two attached hydrogens (primary N) is 1. The fourth-order valence-corrected chi connectivity index (χ4v) is 2.38. The van der Waals surface area contributed by atoms with Gasteiger partial charge in [0.1, 0.15) is 11.6 Å². The van der Waals surface area contributed by atoms with E-state index in [0.717, 1.165) is 0 Å². The van der Waals surface area contributed by atoms with Crippen molar-refractivity contribution in [3.63, 3.8) is 0 Å². The molecule has 1 unspecified atom stereocenters. The smallest absolute Gasteiger partial charge is 0.265 e. The zero-order chi connectivity index (χ0) is 15.0. The van der Waals surface area contributed by atoms with Crippen molar-refractivity contribution in [2.75, 3.05) is 11.1 Å². The first-order valence-corrected chi connectivity index (χ1v) is 6.72. The molecule has 108 valence electrons. The van der Waals surface area contributed by atoms with Crippen molar-refractivity contribution < 1.29 is 13.9 Å². The van der Waals surface area contributed by atoms with E-state index in [4.69, 9.17) is 22.1 Å². The SMILES string of the molecule is Nc1ccc2c(c1)OC(Cc1ccc(F)c(Cl)c1)C(=O)N2. The topological polar surface area (TPSA) is 64.3 Å². The standard InChI is InChI=1S/C15H12ClFN2O2/c16-10-5-8(1-3-11(10)17)6-14-15(20)19-12-4-2-9(18)7-13(12)21-14/h1-5,7,14H,6,18H2,(H,19,20). The molecule has 0 radical (unpaired) electrons. The van der Waals surface area contributed by atoms with Crippen LogP contribution in [0, 0.1) is 5.82 Å². The van der Waals surface area contributed by atoms with Gasteiger partial charge in [-0.15, -0.1) is 0 Å². The van der Waals surface area contributed by atoms with E-state index in [1.54, 1.807) is 24.3 Å². The van der Waals surface area contributed by atoms with Crippen LogP contribution >= 0.6 is 11.6 Å². The summed E-state index contributed by atoms with van der Waals surface area (Å²) in [7, 11) is 0. The van der Waals surface area contributed by atoms with Crippen LogP contribution in [0.5, 0.6) is 5.75 Å². The molecule has 0 spiro atoms. The fourth-order valence-electron chi connectivity index (χ4n) is 2.17. The van der Waals surface area contributed by atoms with Crippen molar-refractivity contribution in [3.8, 4) is 5.75 Å². The second-order valence-electron chi connectivity index (χ2n) is 4.80. The molecule has 0 saturated carbocycles. The Morgan fingerprint density at radius 3 is 2.86 bits per heavy atom. The Hall–Kier alpha value is -2.27. The van der Waals surface area contributed by atoms with E-state index in [9.17, 15) is 9.18 Å². The molecule has 3 rings (SSSR count). The number of carbonyl (C=O) groups excluding carboxylic acids is 1. The summed E-state index contributed by atoms with van der Waals surface area (Å²) in [6.45, 7) is 0. The normalized spacial score (nSPS) is 16.9. The van der Waals surface area contributed by atoms with E-state index < -0.39 is 11.9 Å². The molecule has 3 N–H and O–H groups in total. The van der Waals surface area contributed by atoms with Crippen molar-refractivity contribution in [2.45, 2.75) is 12.5 Å². The highest BCUT2D eigenvalue weighted by atomic mass is 35.5. The van der Waals surface area contributed by atoms with Crippen LogP contribution in [0.4, 0.5) is 15.8 Å². The number of fused-ring (bicyclic) bond motifs is 1. The van der Waals surface area contributed by atoms with Crippen LogP contribution < -0.4 is 15.8 Å². The molecule has 1 heterocycles. The van der Waals surface area contributed by atoms with Gasteiger partial charge in [-0.05, 0) is 29.8 Å². The molecule has 0 bridgehead atoms. The molecular formula is C15H12ClFN2O2. The summed E-state index contributed by atoms with van der Waals surface area (Å²) in [6, 6.07) is 9.36. The third-order valence-corrected chi connectivity index (χ3v) is 3.52. The summed E-state index contributed by atoms with van der Waals surface area (Å²) < 4.78 is 18.8. The molecular weight excluding hydrogens is 295 g/mol. The second kappa shape index (κ2) is 5.26. The number of halogens is 2. The van der Waals surface area contributed by atoms with E-state index in [1.165, 1.54) is 12.1 Å². The maximum Gasteiger partial charge on any atom is 0.265 e. The summed E-state index contributed by atoms with van der Waals surface area (Å²) in [4.78, 5) is 12.0. The van der Waals surface area contributed by atoms with Crippen LogP contribution in [0.1, 0.15) is 5.56 Å². The molecule has 4 nitrogen and oxygen atoms in total. The molecule has 0 aromatic heterocycles. The van der Waals surface area contributed by atoms with Gasteiger partial charge in [-0.1, -0.05) is 17.7 Å². The predicted molar refractivity (Wildman–Crippen MR) is 79.0 cm³/mol. The van der Waals surface area contributed by atoms with Crippen molar-refractivity contribution in [1.82, 2.24) is 0 Å². The molecule has 0 saturated heterocycles. The number of nitrogens with one attached hydrogen (secondary N) is 1. The Kier molecular flexibility index (Phi) is 3.43. The van der Waals surface area contributed by atoms with Gasteiger partial charge in [-0.3, -0.25) is 4.79 Å². The summed E-state index contributed by atoms with van der Waals surface area (Å²) in [5.41, 5.74) is 7.55. The lowest BCUT2D eigenvalue weighted by molar-refractivity contribution is -0.123. The predicted octanol–water partition coefficient (Wildman–Crippen LogP) is 3.00. The maximum atomic E-state index is 13.1. The largest absolute Gasteiger partial charge is 0.478 e. The van der Waals surface area contributed by atoms with E-state index in [2.05, 4.69) is 5.32 Å². The number of hydrogen-bond acceptors (Lipinski definition) is 3. The zero-order valence-electron chi connectivity index (χ0n) is 10.9. The van der Waals surface area contributed by atoms with E-state index in [1.807, 2.05) is 0 Å². The van der Waals surface area contributed by atoms with Crippen LogP contribution in [0.3, 0.4) is 0 Å². The van der Waals surface area contributed by atoms with Crippen LogP contribution in [-0.2, 0) is 11.2 Å². The van der Waals surface area contributed by atoms with Gasteiger partial charge >= 0.3 is 0 Å². The highest BCUT2D eigenvalue weighted by molar-refractivity contribution is 6.30. The number of amides is 1. The number of ether oxygens (including phenoxy) is 1. The zero-order valence-corrected chi connectivity index (χ0v) is 11.7. The fraction of sp³-hybridized carbons (Fsp3) is 0.133. The summed E-state index contributed by atoms with van der Waals surface area (Å²) in [5.74, 6) is -0.229. The Labute approximate surface area is 125 Å². The van der Waals surface area contributed by atoms with Gasteiger partial charge < -0.3 is 15.8 Å². The first-order valence-electron chi connectivity index (χ1n) is 6.34. The van der Waals surface area contributed by atoms with Crippen LogP contribution in [0.2, 0.25) is 5.02 Å². The lowest BCUT2D eigenvalue weighted by Crippen LogP contribution is -2.38. The van der Waals surface area contributed by atoms with Gasteiger partial charge in [-0.2, -0.15) is 0 Å². The number of hydrogen-bond donors (Lipinski definition) is 2. The summed E-state index contributed by atoms with van der Waals surface area (Å²) >= 11 is 5.74. The molecule has 2 aromatic rings. The molecule has 1 aliphatic heterocycles. The maximum absolute atomic E-state index is 13.1. The Morgan fingerprint density at radius 2 is 2.10 bits per heavy atom. The second-order valence-corrected chi connectivity index (χ2v) is 5.21. The van der Waals surface area contributed by atoms with Crippen molar-refractivity contribution in [1.29, 1.82) is 0 Å². The lowest BCUT2D eigenvalue weighted by Gasteiger charge is -2.26. The Morgan fingerprint density at radius 1 is 1.29 bits per heavy atom. The third-order valence-electron chi connectivity index (χ3n) is 3.23. The number of rotatable bonds is 2. The number of anilines is 2. The van der Waals surface area contributed by atoms with Crippen LogP contribution in [-0.4, -0.2) is 12.0 Å². The van der Waals surface area contributed by atoms with Gasteiger partial charge in [0.05, 0.1) is 10.7 Å². The quantitative estimate of drug-likeness (QED) is 0.838. The number of benzene rings is 2. The van der Waals surface area contributed by atoms with Crippen molar-refractivity contribution in [2.24, 2.45) is 0 Å². The van der Waals surface area contributed by atoms with Gasteiger partial charge in [0.2, 0.25) is 0 Å². The molecule has 1 aliphatic rings.